The molecule has 0 bridgehead atoms. The third kappa shape index (κ3) is 29.5. The number of carbonyl (C=O) groups is 3. The van der Waals surface area contributed by atoms with Gasteiger partial charge >= 0.3 is 18.5 Å². The Bertz CT molecular complexity index is 9570. The number of aromatic nitrogens is 6. The van der Waals surface area contributed by atoms with Crippen LogP contribution in [0.2, 0.25) is 0 Å². The number of carbonyl (C=O) groups excluding carboxylic acids is 3. The molecule has 0 fully saturated rings. The highest BCUT2D eigenvalue weighted by Gasteiger charge is 2.36. The number of rotatable bonds is 39. The first-order valence-corrected chi connectivity index (χ1v) is 45.9. The van der Waals surface area contributed by atoms with Gasteiger partial charge in [-0.15, -0.1) is 0 Å². The summed E-state index contributed by atoms with van der Waals surface area (Å²) in [6.07, 6.45) is -27.9. The maximum absolute atomic E-state index is 15.1. The number of nitrogens with zero attached hydrogens (tertiary/aromatic N) is 12. The SMILES string of the molecule is [2H]c1c([2H])c(CSc2nc(=O)c3c(n2C([2H])([2H])C(=O)N(CCN(C([2H])([2H])C)C([2H])([2H])C)Cc2c([2H])c([2H])c(-c4c([2H])c([2H])c(C(F)(F)F)c(C)c4[2H])c([2H])c2[2H])CCC3)c([2H])c([2H])c1F.[2H]c1c([2H])c(CSc2nc(=O)c3c(n2C([2H])([2H])C(=O)N(CCN(C([2H])([2H])C)C([2H])([2H])C)Cc2c([2H])c([2H])c(-c4c([2H])c([2H])c(C(F)(F)F)c([2H])c4[2H])c([2H])c2[2H])C([2H])([2H])C([2H])(C)C3([2H])[2H])c([2H])c([2H])c1F.[2H]c1c([2H])c(CSc2nc(=O)c3c(n2C([2H])([2H])C(=O)N(CCN(C([2H])([2H])C)C([2H])([2H])C)Cc2ccc(-c4ccc(C(F)(F)F)cc4)cc2)C([2H])([2H])C([2H])(C)C3([2H])[2H])c([2H])c([2H])c1F. The van der Waals surface area contributed by atoms with Gasteiger partial charge in [-0.1, -0.05) is 236 Å². The van der Waals surface area contributed by atoms with Crippen molar-refractivity contribution in [3.8, 4) is 33.4 Å². The second kappa shape index (κ2) is 50.3. The van der Waals surface area contributed by atoms with Gasteiger partial charge in [-0.05, 0) is 241 Å². The molecule has 3 heterocycles. The van der Waals surface area contributed by atoms with Crippen molar-refractivity contribution >= 4 is 53.0 Å². The van der Waals surface area contributed by atoms with Crippen molar-refractivity contribution in [2.24, 2.45) is 11.8 Å². The van der Waals surface area contributed by atoms with E-state index < -0.39 is 510 Å². The summed E-state index contributed by atoms with van der Waals surface area (Å²) < 4.78 is 636. The number of alkyl halides is 9. The van der Waals surface area contributed by atoms with Crippen LogP contribution >= 0.6 is 35.3 Å². The summed E-state index contributed by atoms with van der Waals surface area (Å²) in [5, 5.41) is -2.38. The van der Waals surface area contributed by atoms with Crippen LogP contribution in [0.15, 0.2) is 242 Å². The van der Waals surface area contributed by atoms with Crippen molar-refractivity contribution in [3.63, 3.8) is 0 Å². The molecule has 3 aliphatic carbocycles. The molecule has 18 nitrogen and oxygen atoms in total. The monoisotopic (exact) mass is 2100 g/mol. The van der Waals surface area contributed by atoms with Crippen LogP contribution in [-0.2, 0) is 128 Å². The summed E-state index contributed by atoms with van der Waals surface area (Å²) >= 11 is 0.989. The lowest BCUT2D eigenvalue weighted by molar-refractivity contribution is -0.138. The molecule has 0 saturated carbocycles. The lowest BCUT2D eigenvalue weighted by Crippen LogP contribution is -2.40. The fraction of sp³-hybridized carbons (Fsp3) is 0.378. The van der Waals surface area contributed by atoms with E-state index in [9.17, 15) is 84.9 Å². The lowest BCUT2D eigenvalue weighted by Gasteiger charge is -2.28. The Hall–Kier alpha value is -11.9. The van der Waals surface area contributed by atoms with Crippen molar-refractivity contribution < 1.29 is 142 Å². The van der Waals surface area contributed by atoms with E-state index in [4.69, 9.17) is 67.2 Å². The number of likely N-dealkylation sites (N-methyl/N-ethyl adjacent to an activating group) is 3. The fourth-order valence-electron chi connectivity index (χ4n) is 13.7. The summed E-state index contributed by atoms with van der Waals surface area (Å²) in [7, 11) is 0. The summed E-state index contributed by atoms with van der Waals surface area (Å²) in [6, 6.07) is -19.9. The zero-order valence-electron chi connectivity index (χ0n) is 132. The predicted molar refractivity (Wildman–Crippen MR) is 544 cm³/mol. The third-order valence-electron chi connectivity index (χ3n) is 20.9. The van der Waals surface area contributed by atoms with E-state index in [2.05, 4.69) is 15.0 Å². The maximum atomic E-state index is 15.1. The predicted octanol–water partition coefficient (Wildman–Crippen LogP) is 22.5. The Morgan fingerprint density at radius 3 is 1.06 bits per heavy atom. The van der Waals surface area contributed by atoms with Gasteiger partial charge in [0.05, 0.1) is 61.9 Å². The molecule has 762 valence electrons. The van der Waals surface area contributed by atoms with E-state index >= 15 is 4.79 Å². The summed E-state index contributed by atoms with van der Waals surface area (Å²) in [5.41, 5.74) is -19.4. The Kier molecular flexibility index (Phi) is 20.0. The standard InChI is InChI=1S/3C37H40F4N4O2S/c2*1-4-43(5-2)18-19-44(22-26-6-10-28(11-7-26)29-12-14-30(15-13-29)37(39,40)41)34(46)23-45-33-21-25(3)20-32(33)35(47)42-36(45)48-24-27-8-16-31(38)17-9-27;1-4-43(5-2)19-20-44(22-26-9-13-28(14-10-26)29-15-18-32(25(3)21-29)37(39,40)41)34(46)23-45-33-8-6-7-31(33)35(47)42-36(45)48-24-27-11-16-30(38)17-12-27/h2*6-17,25H,4-5,18-24H2,1-3H3;9-18,21H,4-8,19-20,22-24H2,1-3H3/i4D2,5D2,6D,7D,8D,9D,10D,11D,12D,13D,14D,15D,16D,17D,20D2,21D2,23D2,25D;4D2,5D2,8D,9D,16D,17D,20D2,21D2,23D2,25D;4D2,5D2,9D,10D,11D,12D,13D,14D,15D,16D,17D,18D,21D,23D2. The highest BCUT2D eigenvalue weighted by Crippen LogP contribution is 2.39. The summed E-state index contributed by atoms with van der Waals surface area (Å²) in [5.74, 6) is -17.4. The second-order valence-electron chi connectivity index (χ2n) is 30.6. The number of halogens is 12. The molecule has 0 aliphatic heterocycles. The first-order valence-electron chi connectivity index (χ1n) is 70.4. The van der Waals surface area contributed by atoms with Crippen molar-refractivity contribution in [2.75, 3.05) is 78.2 Å². The molecule has 0 N–H and O–H groups in total. The van der Waals surface area contributed by atoms with E-state index in [0.717, 1.165) is 81.9 Å². The number of fused-ring (bicyclic) bond motifs is 3. The molecule has 2 atom stereocenters. The second-order valence-corrected chi connectivity index (χ2v) is 33.4. The average molecular weight is 2100 g/mol. The molecule has 33 heteroatoms. The molecular weight excluding hydrogens is 1920 g/mol. The molecule has 3 amide bonds. The first-order chi connectivity index (χ1) is 90.2. The molecule has 2 unspecified atom stereocenters. The highest BCUT2D eigenvalue weighted by atomic mass is 32.2. The van der Waals surface area contributed by atoms with Crippen LogP contribution in [-0.4, -0.2) is 154 Å². The quantitative estimate of drug-likeness (QED) is 0.0202. The minimum absolute atomic E-state index is 0.00697. The Morgan fingerprint density at radius 2 is 0.701 bits per heavy atom. The zero-order chi connectivity index (χ0) is 152. The van der Waals surface area contributed by atoms with E-state index in [1.54, 1.807) is 0 Å². The first kappa shape index (κ1) is 57.3. The topological polar surface area (TPSA) is 175 Å². The van der Waals surface area contributed by atoms with E-state index in [1.165, 1.54) is 36.4 Å². The Labute approximate surface area is 922 Å². The van der Waals surface area contributed by atoms with Gasteiger partial charge in [0.2, 0.25) is 17.7 Å². The van der Waals surface area contributed by atoms with E-state index in [0.29, 0.717) is 67.6 Å². The molecule has 3 aliphatic rings. The van der Waals surface area contributed by atoms with Crippen LogP contribution in [0, 0.1) is 36.2 Å². The maximum Gasteiger partial charge on any atom is 0.416 e. The van der Waals surface area contributed by atoms with Crippen molar-refractivity contribution in [3.05, 3.63) is 350 Å². The van der Waals surface area contributed by atoms with Crippen LogP contribution in [0.4, 0.5) is 52.7 Å². The molecule has 0 saturated heterocycles. The molecule has 144 heavy (non-hydrogen) atoms. The summed E-state index contributed by atoms with van der Waals surface area (Å²) in [4.78, 5) is 101. The van der Waals surface area contributed by atoms with Crippen LogP contribution in [0.3, 0.4) is 0 Å². The third-order valence-corrected chi connectivity index (χ3v) is 23.8. The number of amides is 3. The van der Waals surface area contributed by atoms with Gasteiger partial charge in [-0.3, -0.25) is 28.8 Å². The zero-order valence-corrected chi connectivity index (χ0v) is 79.8. The molecule has 3 aromatic heterocycles. The fourth-order valence-corrected chi connectivity index (χ4v) is 16.3. The largest absolute Gasteiger partial charge is 0.416 e. The van der Waals surface area contributed by atoms with Crippen LogP contribution in [0.25, 0.3) is 33.4 Å². The van der Waals surface area contributed by atoms with Gasteiger partial charge in [0.25, 0.3) is 16.7 Å². The van der Waals surface area contributed by atoms with E-state index in [1.807, 2.05) is 0 Å². The molecule has 0 spiro atoms. The van der Waals surface area contributed by atoms with E-state index in [-0.39, 0.29) is 56.1 Å². The van der Waals surface area contributed by atoms with Crippen LogP contribution in [0.1, 0.15) is 227 Å². The molecule has 9 aromatic carbocycles. The average Bonchev–Trinajstić information content (AvgIpc) is 1.51. The smallest absolute Gasteiger partial charge is 0.336 e. The van der Waals surface area contributed by atoms with Crippen LogP contribution in [0.5, 0.6) is 0 Å². The normalized spacial score (nSPS) is 22.7. The Morgan fingerprint density at radius 1 is 0.382 bits per heavy atom. The van der Waals surface area contributed by atoms with Crippen LogP contribution < -0.4 is 16.7 Å². The van der Waals surface area contributed by atoms with Gasteiger partial charge < -0.3 is 43.1 Å². The molecule has 12 aromatic rings. The minimum Gasteiger partial charge on any atom is -0.336 e. The van der Waals surface area contributed by atoms with Gasteiger partial charge in [0, 0.05) is 140 Å². The van der Waals surface area contributed by atoms with Gasteiger partial charge in [-0.25, -0.2) is 13.2 Å². The van der Waals surface area contributed by atoms with Gasteiger partial charge in [0.1, 0.15) is 36.9 Å². The molecule has 0 radical (unpaired) electrons. The van der Waals surface area contributed by atoms with Gasteiger partial charge in [0.15, 0.2) is 15.5 Å². The van der Waals surface area contributed by atoms with Gasteiger partial charge in [-0.2, -0.15) is 54.5 Å². The minimum atomic E-state index is -5.42. The van der Waals surface area contributed by atoms with Crippen molar-refractivity contribution in [1.29, 1.82) is 0 Å². The number of benzene rings is 9. The highest BCUT2D eigenvalue weighted by molar-refractivity contribution is 7.98. The Balaban J connectivity index is 0.000000240. The number of hydrogen-bond acceptors (Lipinski definition) is 15. The van der Waals surface area contributed by atoms with Crippen molar-refractivity contribution in [1.82, 2.24) is 58.1 Å². The number of hydrogen-bond donors (Lipinski definition) is 0. The lowest BCUT2D eigenvalue weighted by atomic mass is 9.98. The number of thioether (sulfide) groups is 3. The van der Waals surface area contributed by atoms with Crippen molar-refractivity contribution in [2.45, 2.75) is 197 Å². The summed E-state index contributed by atoms with van der Waals surface area (Å²) in [6.45, 7) is -24.7. The molecule has 15 rings (SSSR count). The molecular formula is C111H120F12N12O6S3.